The molecule has 0 saturated heterocycles. The second-order valence-electron chi connectivity index (χ2n) is 7.81. The van der Waals surface area contributed by atoms with E-state index in [1.807, 2.05) is 60.0 Å². The van der Waals surface area contributed by atoms with Crippen LogP contribution in [0.25, 0.3) is 16.9 Å². The molecule has 4 aromatic rings. The van der Waals surface area contributed by atoms with Crippen LogP contribution in [0.1, 0.15) is 30.9 Å². The number of ether oxygens (including phenoxy) is 2. The van der Waals surface area contributed by atoms with Gasteiger partial charge in [-0.05, 0) is 43.2 Å². The molecule has 2 heterocycles. The van der Waals surface area contributed by atoms with Gasteiger partial charge < -0.3 is 14.8 Å². The van der Waals surface area contributed by atoms with Gasteiger partial charge in [0, 0.05) is 18.3 Å². The summed E-state index contributed by atoms with van der Waals surface area (Å²) in [6.07, 6.45) is 1.88. The van der Waals surface area contributed by atoms with Crippen LogP contribution in [-0.2, 0) is 20.9 Å². The number of carbonyl (C=O) groups is 2. The van der Waals surface area contributed by atoms with Crippen molar-refractivity contribution in [3.05, 3.63) is 84.1 Å². The third kappa shape index (κ3) is 5.26. The number of aryl methyl sites for hydroxylation is 1. The number of hydrogen-bond donors (Lipinski definition) is 1. The normalized spacial score (nSPS) is 10.8. The molecule has 0 atom stereocenters. The Kier molecular flexibility index (Phi) is 7.22. The Morgan fingerprint density at radius 3 is 2.47 bits per heavy atom. The standard InChI is InChI=1S/C27H27N3O4/c1-3-33-23(31)15-16-24(32)34-22-14-8-7-13-21(22)25-27(28-18-20-11-5-4-6-12-20)30-17-9-10-19(2)26(30)29-25/h4-14,17,28H,3,15-16,18H2,1-2H3. The number of anilines is 1. The SMILES string of the molecule is CCOC(=O)CCC(=O)Oc1ccccc1-c1nc2c(C)cccn2c1NCc1ccccc1. The van der Waals surface area contributed by atoms with Crippen molar-refractivity contribution in [2.45, 2.75) is 33.2 Å². The Bertz CT molecular complexity index is 1300. The molecule has 0 aliphatic carbocycles. The Hall–Kier alpha value is -4.13. The highest BCUT2D eigenvalue weighted by Crippen LogP contribution is 2.36. The van der Waals surface area contributed by atoms with E-state index >= 15 is 0 Å². The van der Waals surface area contributed by atoms with Crippen LogP contribution in [0.5, 0.6) is 5.75 Å². The van der Waals surface area contributed by atoms with E-state index in [4.69, 9.17) is 14.5 Å². The van der Waals surface area contributed by atoms with Crippen LogP contribution < -0.4 is 10.1 Å². The lowest BCUT2D eigenvalue weighted by Crippen LogP contribution is -2.12. The molecule has 0 radical (unpaired) electrons. The van der Waals surface area contributed by atoms with E-state index < -0.39 is 11.9 Å². The molecule has 0 aliphatic heterocycles. The monoisotopic (exact) mass is 457 g/mol. The van der Waals surface area contributed by atoms with Crippen molar-refractivity contribution in [1.29, 1.82) is 0 Å². The molecule has 7 heteroatoms. The van der Waals surface area contributed by atoms with Gasteiger partial charge in [0.05, 0.1) is 19.4 Å². The lowest BCUT2D eigenvalue weighted by molar-refractivity contribution is -0.146. The summed E-state index contributed by atoms with van der Waals surface area (Å²) >= 11 is 0. The Balaban J connectivity index is 1.66. The zero-order valence-corrected chi connectivity index (χ0v) is 19.3. The van der Waals surface area contributed by atoms with Crippen LogP contribution in [0.2, 0.25) is 0 Å². The van der Waals surface area contributed by atoms with Crippen molar-refractivity contribution in [3.63, 3.8) is 0 Å². The van der Waals surface area contributed by atoms with Crippen LogP contribution >= 0.6 is 0 Å². The Labute approximate surface area is 198 Å². The molecule has 2 aromatic heterocycles. The number of aromatic nitrogens is 2. The van der Waals surface area contributed by atoms with E-state index in [1.165, 1.54) is 0 Å². The van der Waals surface area contributed by atoms with Gasteiger partial charge in [-0.2, -0.15) is 0 Å². The average Bonchev–Trinajstić information content (AvgIpc) is 3.22. The summed E-state index contributed by atoms with van der Waals surface area (Å²) in [5.41, 5.74) is 4.34. The molecule has 0 spiro atoms. The zero-order valence-electron chi connectivity index (χ0n) is 19.3. The van der Waals surface area contributed by atoms with Gasteiger partial charge in [-0.3, -0.25) is 14.0 Å². The number of pyridine rings is 1. The molecule has 2 aromatic carbocycles. The predicted octanol–water partition coefficient (Wildman–Crippen LogP) is 5.17. The summed E-state index contributed by atoms with van der Waals surface area (Å²) in [7, 11) is 0. The minimum absolute atomic E-state index is 0.0215. The largest absolute Gasteiger partial charge is 0.466 e. The first-order chi connectivity index (χ1) is 16.6. The first-order valence-corrected chi connectivity index (χ1v) is 11.3. The Morgan fingerprint density at radius 1 is 0.941 bits per heavy atom. The first kappa shape index (κ1) is 23.0. The number of benzene rings is 2. The van der Waals surface area contributed by atoms with Gasteiger partial charge in [-0.1, -0.05) is 48.5 Å². The van der Waals surface area contributed by atoms with E-state index in [-0.39, 0.29) is 19.4 Å². The number of para-hydroxylation sites is 1. The molecule has 0 unspecified atom stereocenters. The molecular weight excluding hydrogens is 430 g/mol. The van der Waals surface area contributed by atoms with Gasteiger partial charge in [-0.15, -0.1) is 0 Å². The second kappa shape index (κ2) is 10.7. The van der Waals surface area contributed by atoms with Gasteiger partial charge in [0.1, 0.15) is 22.9 Å². The molecule has 0 fully saturated rings. The smallest absolute Gasteiger partial charge is 0.311 e. The lowest BCUT2D eigenvalue weighted by Gasteiger charge is -2.12. The summed E-state index contributed by atoms with van der Waals surface area (Å²) in [4.78, 5) is 29.0. The van der Waals surface area contributed by atoms with Crippen molar-refractivity contribution in [3.8, 4) is 17.0 Å². The van der Waals surface area contributed by atoms with Crippen molar-refractivity contribution >= 4 is 23.4 Å². The number of hydrogen-bond acceptors (Lipinski definition) is 6. The van der Waals surface area contributed by atoms with Crippen LogP contribution in [0.4, 0.5) is 5.82 Å². The van der Waals surface area contributed by atoms with Gasteiger partial charge >= 0.3 is 11.9 Å². The molecule has 174 valence electrons. The third-order valence-corrected chi connectivity index (χ3v) is 5.35. The van der Waals surface area contributed by atoms with E-state index in [1.54, 1.807) is 19.1 Å². The topological polar surface area (TPSA) is 81.9 Å². The summed E-state index contributed by atoms with van der Waals surface area (Å²) in [6, 6.07) is 21.4. The minimum Gasteiger partial charge on any atom is -0.466 e. The van der Waals surface area contributed by atoms with Crippen LogP contribution in [-0.4, -0.2) is 27.9 Å². The van der Waals surface area contributed by atoms with Crippen molar-refractivity contribution in [1.82, 2.24) is 9.38 Å². The number of esters is 2. The highest BCUT2D eigenvalue weighted by atomic mass is 16.5. The molecule has 4 rings (SSSR count). The zero-order chi connectivity index (χ0) is 23.9. The summed E-state index contributed by atoms with van der Waals surface area (Å²) < 4.78 is 12.5. The Morgan fingerprint density at radius 2 is 1.68 bits per heavy atom. The summed E-state index contributed by atoms with van der Waals surface area (Å²) in [5.74, 6) is 0.271. The highest BCUT2D eigenvalue weighted by molar-refractivity contribution is 5.84. The van der Waals surface area contributed by atoms with Crippen molar-refractivity contribution < 1.29 is 19.1 Å². The van der Waals surface area contributed by atoms with Crippen LogP contribution in [0, 0.1) is 6.92 Å². The fraction of sp³-hybridized carbons (Fsp3) is 0.222. The predicted molar refractivity (Wildman–Crippen MR) is 131 cm³/mol. The fourth-order valence-electron chi connectivity index (χ4n) is 3.70. The molecule has 1 N–H and O–H groups in total. The van der Waals surface area contributed by atoms with Gasteiger partial charge in [-0.25, -0.2) is 4.98 Å². The van der Waals surface area contributed by atoms with E-state index in [0.717, 1.165) is 22.6 Å². The molecular formula is C27H27N3O4. The maximum absolute atomic E-state index is 12.5. The number of nitrogens with one attached hydrogen (secondary N) is 1. The lowest BCUT2D eigenvalue weighted by atomic mass is 10.1. The van der Waals surface area contributed by atoms with Crippen molar-refractivity contribution in [2.24, 2.45) is 0 Å². The van der Waals surface area contributed by atoms with Crippen LogP contribution in [0.3, 0.4) is 0 Å². The van der Waals surface area contributed by atoms with E-state index in [2.05, 4.69) is 17.4 Å². The maximum Gasteiger partial charge on any atom is 0.311 e. The van der Waals surface area contributed by atoms with Gasteiger partial charge in [0.25, 0.3) is 0 Å². The molecule has 0 aliphatic rings. The second-order valence-corrected chi connectivity index (χ2v) is 7.81. The maximum atomic E-state index is 12.5. The molecule has 7 nitrogen and oxygen atoms in total. The van der Waals surface area contributed by atoms with Gasteiger partial charge in [0.2, 0.25) is 0 Å². The number of carbonyl (C=O) groups excluding carboxylic acids is 2. The molecule has 34 heavy (non-hydrogen) atoms. The van der Waals surface area contributed by atoms with E-state index in [9.17, 15) is 9.59 Å². The van der Waals surface area contributed by atoms with Crippen LogP contribution in [0.15, 0.2) is 72.9 Å². The number of nitrogens with zero attached hydrogens (tertiary/aromatic N) is 2. The first-order valence-electron chi connectivity index (χ1n) is 11.3. The molecule has 0 saturated carbocycles. The molecule has 0 bridgehead atoms. The quantitative estimate of drug-likeness (QED) is 0.276. The number of imidazole rings is 1. The van der Waals surface area contributed by atoms with E-state index in [0.29, 0.717) is 23.6 Å². The minimum atomic E-state index is -0.501. The number of rotatable bonds is 9. The summed E-state index contributed by atoms with van der Waals surface area (Å²) in [5, 5.41) is 3.51. The molecule has 0 amide bonds. The van der Waals surface area contributed by atoms with Crippen molar-refractivity contribution in [2.75, 3.05) is 11.9 Å². The summed E-state index contributed by atoms with van der Waals surface area (Å²) in [6.45, 7) is 4.63. The average molecular weight is 458 g/mol. The number of fused-ring (bicyclic) bond motifs is 1. The van der Waals surface area contributed by atoms with Gasteiger partial charge in [0.15, 0.2) is 0 Å². The third-order valence-electron chi connectivity index (χ3n) is 5.35. The highest BCUT2D eigenvalue weighted by Gasteiger charge is 2.20. The fourth-order valence-corrected chi connectivity index (χ4v) is 3.70.